The van der Waals surface area contributed by atoms with Gasteiger partial charge in [0.2, 0.25) is 0 Å². The first kappa shape index (κ1) is 22.3. The summed E-state index contributed by atoms with van der Waals surface area (Å²) >= 11 is 0. The normalized spacial score (nSPS) is 19.0. The van der Waals surface area contributed by atoms with E-state index in [4.69, 9.17) is 4.74 Å². The minimum atomic E-state index is -0.355. The lowest BCUT2D eigenvalue weighted by molar-refractivity contribution is 0.0631. The average Bonchev–Trinajstić information content (AvgIpc) is 2.84. The van der Waals surface area contributed by atoms with Gasteiger partial charge in [-0.2, -0.15) is 0 Å². The third-order valence-corrected chi connectivity index (χ3v) is 6.43. The first-order valence-corrected chi connectivity index (χ1v) is 11.6. The number of carbonyl (C=O) groups excluding carboxylic acids is 2. The van der Waals surface area contributed by atoms with Gasteiger partial charge in [0, 0.05) is 43.2 Å². The van der Waals surface area contributed by atoms with E-state index < -0.39 is 0 Å². The number of nitrogens with zero attached hydrogens (tertiary/aromatic N) is 2. The number of piperidine rings is 2. The molecule has 0 unspecified atom stereocenters. The Morgan fingerprint density at radius 3 is 2.44 bits per heavy atom. The second-order valence-corrected chi connectivity index (χ2v) is 8.92. The summed E-state index contributed by atoms with van der Waals surface area (Å²) in [6.07, 6.45) is 5.18. The first-order valence-electron chi connectivity index (χ1n) is 11.6. The lowest BCUT2D eigenvalue weighted by Crippen LogP contribution is -2.41. The fraction of sp³-hybridized carbons (Fsp3) is 0.462. The highest BCUT2D eigenvalue weighted by molar-refractivity contribution is 5.95. The standard InChI is InChI=1S/C26H31FN2O3/c1-19-10-11-22(16-24(19)27)26(31)29-14-6-7-20(17-29)18-32-23-9-5-8-21(15-23)25(30)28-12-3-2-4-13-28/h5,8-11,15-16,20H,2-4,6-7,12-14,17-18H2,1H3/t20-/m0/s1. The number of rotatable bonds is 5. The molecule has 0 saturated carbocycles. The molecule has 2 fully saturated rings. The molecule has 0 N–H and O–H groups in total. The SMILES string of the molecule is Cc1ccc(C(=O)N2CCC[C@H](COc3cccc(C(=O)N4CCCCC4)c3)C2)cc1F. The van der Waals surface area contributed by atoms with Crippen molar-refractivity contribution in [2.24, 2.45) is 5.92 Å². The van der Waals surface area contributed by atoms with Crippen LogP contribution in [0.5, 0.6) is 5.75 Å². The van der Waals surface area contributed by atoms with Gasteiger partial charge in [0.25, 0.3) is 11.8 Å². The van der Waals surface area contributed by atoms with Gasteiger partial charge in [0.15, 0.2) is 0 Å². The number of amides is 2. The number of aryl methyl sites for hydroxylation is 1. The van der Waals surface area contributed by atoms with E-state index in [1.807, 2.05) is 29.2 Å². The highest BCUT2D eigenvalue weighted by Crippen LogP contribution is 2.23. The quantitative estimate of drug-likeness (QED) is 0.680. The summed E-state index contributed by atoms with van der Waals surface area (Å²) in [5, 5.41) is 0. The van der Waals surface area contributed by atoms with Crippen molar-refractivity contribution >= 4 is 11.8 Å². The van der Waals surface area contributed by atoms with Crippen LogP contribution in [-0.4, -0.2) is 54.4 Å². The second kappa shape index (κ2) is 10.2. The molecule has 2 heterocycles. The number of halogens is 1. The molecule has 32 heavy (non-hydrogen) atoms. The van der Waals surface area contributed by atoms with Crippen LogP contribution in [0.25, 0.3) is 0 Å². The molecule has 2 aromatic carbocycles. The van der Waals surface area contributed by atoms with E-state index in [9.17, 15) is 14.0 Å². The Kier molecular flexibility index (Phi) is 7.08. The van der Waals surface area contributed by atoms with Crippen LogP contribution in [0.4, 0.5) is 4.39 Å². The Morgan fingerprint density at radius 1 is 0.938 bits per heavy atom. The summed E-state index contributed by atoms with van der Waals surface area (Å²) < 4.78 is 19.9. The van der Waals surface area contributed by atoms with Crippen molar-refractivity contribution in [3.8, 4) is 5.75 Å². The molecule has 2 aliphatic heterocycles. The van der Waals surface area contributed by atoms with Gasteiger partial charge in [-0.25, -0.2) is 4.39 Å². The van der Waals surface area contributed by atoms with E-state index in [2.05, 4.69) is 0 Å². The molecule has 2 aromatic rings. The maximum atomic E-state index is 13.9. The van der Waals surface area contributed by atoms with Crippen molar-refractivity contribution in [1.82, 2.24) is 9.80 Å². The molecule has 0 aromatic heterocycles. The largest absolute Gasteiger partial charge is 0.493 e. The van der Waals surface area contributed by atoms with E-state index in [-0.39, 0.29) is 23.5 Å². The lowest BCUT2D eigenvalue weighted by Gasteiger charge is -2.32. The van der Waals surface area contributed by atoms with Crippen molar-refractivity contribution in [3.05, 3.63) is 65.0 Å². The van der Waals surface area contributed by atoms with Gasteiger partial charge < -0.3 is 14.5 Å². The van der Waals surface area contributed by atoms with E-state index in [0.29, 0.717) is 42.1 Å². The molecule has 6 heteroatoms. The van der Waals surface area contributed by atoms with Gasteiger partial charge in [-0.1, -0.05) is 12.1 Å². The van der Waals surface area contributed by atoms with Gasteiger partial charge in [-0.15, -0.1) is 0 Å². The van der Waals surface area contributed by atoms with Crippen molar-refractivity contribution in [1.29, 1.82) is 0 Å². The summed E-state index contributed by atoms with van der Waals surface area (Å²) in [5.41, 5.74) is 1.58. The van der Waals surface area contributed by atoms with E-state index in [1.165, 1.54) is 12.5 Å². The van der Waals surface area contributed by atoms with Gasteiger partial charge in [-0.05, 0) is 74.9 Å². The van der Waals surface area contributed by atoms with Crippen LogP contribution in [-0.2, 0) is 0 Å². The monoisotopic (exact) mass is 438 g/mol. The molecule has 0 aliphatic carbocycles. The lowest BCUT2D eigenvalue weighted by atomic mass is 9.98. The Bertz CT molecular complexity index is 971. The zero-order valence-electron chi connectivity index (χ0n) is 18.7. The van der Waals surface area contributed by atoms with E-state index in [0.717, 1.165) is 38.8 Å². The molecule has 4 rings (SSSR count). The van der Waals surface area contributed by atoms with Crippen LogP contribution in [0.1, 0.15) is 58.4 Å². The van der Waals surface area contributed by atoms with Crippen molar-refractivity contribution in [3.63, 3.8) is 0 Å². The van der Waals surface area contributed by atoms with Crippen LogP contribution in [0.3, 0.4) is 0 Å². The number of hydrogen-bond donors (Lipinski definition) is 0. The average molecular weight is 439 g/mol. The Morgan fingerprint density at radius 2 is 1.66 bits per heavy atom. The molecule has 2 saturated heterocycles. The third-order valence-electron chi connectivity index (χ3n) is 6.43. The number of ether oxygens (including phenoxy) is 1. The molecule has 0 bridgehead atoms. The number of likely N-dealkylation sites (tertiary alicyclic amines) is 2. The summed E-state index contributed by atoms with van der Waals surface area (Å²) in [4.78, 5) is 29.3. The summed E-state index contributed by atoms with van der Waals surface area (Å²) in [7, 11) is 0. The second-order valence-electron chi connectivity index (χ2n) is 8.92. The van der Waals surface area contributed by atoms with Crippen LogP contribution in [0.2, 0.25) is 0 Å². The molecule has 0 radical (unpaired) electrons. The first-order chi connectivity index (χ1) is 15.5. The Hall–Kier alpha value is -2.89. The molecule has 1 atom stereocenters. The maximum absolute atomic E-state index is 13.9. The minimum absolute atomic E-state index is 0.0647. The summed E-state index contributed by atoms with van der Waals surface area (Å²) in [6.45, 7) is 5.06. The van der Waals surface area contributed by atoms with Crippen molar-refractivity contribution < 1.29 is 18.7 Å². The number of hydrogen-bond acceptors (Lipinski definition) is 3. The summed E-state index contributed by atoms with van der Waals surface area (Å²) in [6, 6.07) is 12.0. The van der Waals surface area contributed by atoms with Gasteiger partial charge in [-0.3, -0.25) is 9.59 Å². The predicted octanol–water partition coefficient (Wildman–Crippen LogP) is 4.69. The maximum Gasteiger partial charge on any atom is 0.253 e. The number of benzene rings is 2. The fourth-order valence-electron chi connectivity index (χ4n) is 4.51. The molecule has 170 valence electrons. The van der Waals surface area contributed by atoms with Gasteiger partial charge >= 0.3 is 0 Å². The van der Waals surface area contributed by atoms with E-state index in [1.54, 1.807) is 24.0 Å². The third kappa shape index (κ3) is 5.29. The highest BCUT2D eigenvalue weighted by Gasteiger charge is 2.25. The molecule has 2 aliphatic rings. The van der Waals surface area contributed by atoms with Crippen LogP contribution in [0, 0.1) is 18.7 Å². The zero-order valence-corrected chi connectivity index (χ0v) is 18.7. The fourth-order valence-corrected chi connectivity index (χ4v) is 4.51. The Labute approximate surface area is 189 Å². The van der Waals surface area contributed by atoms with Crippen molar-refractivity contribution in [2.45, 2.75) is 39.0 Å². The zero-order chi connectivity index (χ0) is 22.5. The molecule has 2 amide bonds. The smallest absolute Gasteiger partial charge is 0.253 e. The van der Waals surface area contributed by atoms with Crippen LogP contribution < -0.4 is 4.74 Å². The molecule has 0 spiro atoms. The van der Waals surface area contributed by atoms with Gasteiger partial charge in [0.05, 0.1) is 6.61 Å². The van der Waals surface area contributed by atoms with Crippen LogP contribution >= 0.6 is 0 Å². The molecular weight excluding hydrogens is 407 g/mol. The predicted molar refractivity (Wildman–Crippen MR) is 121 cm³/mol. The van der Waals surface area contributed by atoms with Crippen LogP contribution in [0.15, 0.2) is 42.5 Å². The molecule has 5 nitrogen and oxygen atoms in total. The highest BCUT2D eigenvalue weighted by atomic mass is 19.1. The van der Waals surface area contributed by atoms with Crippen molar-refractivity contribution in [2.75, 3.05) is 32.8 Å². The minimum Gasteiger partial charge on any atom is -0.493 e. The number of carbonyl (C=O) groups is 2. The van der Waals surface area contributed by atoms with E-state index >= 15 is 0 Å². The topological polar surface area (TPSA) is 49.9 Å². The van der Waals surface area contributed by atoms with Gasteiger partial charge in [0.1, 0.15) is 11.6 Å². The Balaban J connectivity index is 1.34. The molecular formula is C26H31FN2O3. The summed E-state index contributed by atoms with van der Waals surface area (Å²) in [5.74, 6) is 0.450.